The molecule has 0 unspecified atom stereocenters. The van der Waals surface area contributed by atoms with Crippen molar-refractivity contribution in [2.45, 2.75) is 11.8 Å². The zero-order valence-electron chi connectivity index (χ0n) is 15.3. The smallest absolute Gasteiger partial charge is 0.321 e. The summed E-state index contributed by atoms with van der Waals surface area (Å²) in [5.74, 6) is -1.76. The number of sulfonamides is 1. The van der Waals surface area contributed by atoms with E-state index in [1.807, 2.05) is 4.72 Å². The van der Waals surface area contributed by atoms with E-state index in [2.05, 4.69) is 5.32 Å². The normalized spacial score (nSPS) is 11.0. The molecule has 0 aromatic heterocycles. The van der Waals surface area contributed by atoms with E-state index in [1.54, 1.807) is 0 Å². The number of esters is 1. The van der Waals surface area contributed by atoms with Crippen LogP contribution in [0.15, 0.2) is 41.3 Å². The molecule has 2 aromatic rings. The van der Waals surface area contributed by atoms with Crippen molar-refractivity contribution in [3.05, 3.63) is 62.1 Å². The number of anilines is 1. The first-order chi connectivity index (χ1) is 14.0. The Morgan fingerprint density at radius 2 is 1.87 bits per heavy atom. The first kappa shape index (κ1) is 23.5. The van der Waals surface area contributed by atoms with Crippen molar-refractivity contribution in [3.8, 4) is 0 Å². The van der Waals surface area contributed by atoms with E-state index < -0.39 is 40.0 Å². The van der Waals surface area contributed by atoms with Crippen molar-refractivity contribution in [2.24, 2.45) is 0 Å². The minimum atomic E-state index is -4.06. The number of nitrogens with one attached hydrogen (secondary N) is 2. The van der Waals surface area contributed by atoms with Gasteiger partial charge in [-0.05, 0) is 31.2 Å². The lowest BCUT2D eigenvalue weighted by Gasteiger charge is -2.10. The highest BCUT2D eigenvalue weighted by Gasteiger charge is 2.19. The van der Waals surface area contributed by atoms with Crippen molar-refractivity contribution in [1.82, 2.24) is 4.72 Å². The molecule has 0 aliphatic heterocycles. The summed E-state index contributed by atoms with van der Waals surface area (Å²) in [4.78, 5) is 33.8. The van der Waals surface area contributed by atoms with Crippen LogP contribution < -0.4 is 10.0 Å². The number of halogens is 2. The van der Waals surface area contributed by atoms with Crippen LogP contribution in [0.3, 0.4) is 0 Å². The van der Waals surface area contributed by atoms with Crippen molar-refractivity contribution in [1.29, 1.82) is 0 Å². The number of nitro benzene ring substituents is 1. The first-order valence-electron chi connectivity index (χ1n) is 8.15. The molecule has 0 heterocycles. The fourth-order valence-electron chi connectivity index (χ4n) is 2.22. The average molecular weight is 476 g/mol. The molecule has 0 fully saturated rings. The zero-order valence-corrected chi connectivity index (χ0v) is 17.7. The molecule has 0 radical (unpaired) electrons. The van der Waals surface area contributed by atoms with Gasteiger partial charge in [0.15, 0.2) is 6.61 Å². The second-order valence-electron chi connectivity index (χ2n) is 5.82. The molecule has 2 rings (SSSR count). The number of nitrogens with zero attached hydrogens (tertiary/aromatic N) is 1. The number of benzene rings is 2. The maximum absolute atomic E-state index is 12.1. The molecular formula is C17H15Cl2N3O7S. The van der Waals surface area contributed by atoms with Crippen LogP contribution in [0.5, 0.6) is 0 Å². The van der Waals surface area contributed by atoms with Gasteiger partial charge >= 0.3 is 5.97 Å². The Morgan fingerprint density at radius 3 is 2.50 bits per heavy atom. The van der Waals surface area contributed by atoms with Gasteiger partial charge in [-0.15, -0.1) is 0 Å². The molecule has 13 heteroatoms. The third-order valence-electron chi connectivity index (χ3n) is 3.75. The van der Waals surface area contributed by atoms with Crippen LogP contribution in [0.25, 0.3) is 0 Å². The number of hydrogen-bond donors (Lipinski definition) is 2. The summed E-state index contributed by atoms with van der Waals surface area (Å²) in [6.45, 7) is 0.0126. The Kier molecular flexibility index (Phi) is 7.73. The van der Waals surface area contributed by atoms with E-state index in [0.29, 0.717) is 0 Å². The van der Waals surface area contributed by atoms with Crippen molar-refractivity contribution in [2.75, 3.05) is 18.5 Å². The second kappa shape index (κ2) is 9.85. The Balaban J connectivity index is 1.89. The predicted molar refractivity (Wildman–Crippen MR) is 109 cm³/mol. The molecular weight excluding hydrogens is 461 g/mol. The minimum Gasteiger partial charge on any atom is -0.455 e. The Labute approximate surface area is 181 Å². The summed E-state index contributed by atoms with van der Waals surface area (Å²) < 4.78 is 31.0. The summed E-state index contributed by atoms with van der Waals surface area (Å²) in [6, 6.07) is 7.74. The molecule has 1 amide bonds. The molecule has 0 spiro atoms. The molecule has 30 heavy (non-hydrogen) atoms. The summed E-state index contributed by atoms with van der Waals surface area (Å²) in [7, 11) is -4.06. The number of amides is 1. The van der Waals surface area contributed by atoms with E-state index in [-0.39, 0.29) is 31.9 Å². The van der Waals surface area contributed by atoms with Gasteiger partial charge in [-0.2, -0.15) is 4.72 Å². The van der Waals surface area contributed by atoms with Gasteiger partial charge in [-0.3, -0.25) is 19.7 Å². The number of rotatable bonds is 8. The van der Waals surface area contributed by atoms with Gasteiger partial charge in [-0.1, -0.05) is 29.3 Å². The molecule has 0 aliphatic carbocycles. The third-order valence-corrected chi connectivity index (χ3v) is 5.89. The van der Waals surface area contributed by atoms with Crippen LogP contribution in [0.2, 0.25) is 10.0 Å². The monoisotopic (exact) mass is 475 g/mol. The Morgan fingerprint density at radius 1 is 1.17 bits per heavy atom. The maximum atomic E-state index is 12.1. The number of nitro groups is 1. The minimum absolute atomic E-state index is 0.0234. The van der Waals surface area contributed by atoms with Gasteiger partial charge in [0, 0.05) is 6.07 Å². The van der Waals surface area contributed by atoms with Crippen LogP contribution in [-0.2, 0) is 24.3 Å². The largest absolute Gasteiger partial charge is 0.455 e. The lowest BCUT2D eigenvalue weighted by atomic mass is 10.1. The molecule has 0 bridgehead atoms. The van der Waals surface area contributed by atoms with E-state index in [0.717, 1.165) is 6.07 Å². The van der Waals surface area contributed by atoms with Crippen molar-refractivity contribution in [3.63, 3.8) is 0 Å². The molecule has 0 saturated heterocycles. The highest BCUT2D eigenvalue weighted by molar-refractivity contribution is 7.89. The first-order valence-corrected chi connectivity index (χ1v) is 10.4. The van der Waals surface area contributed by atoms with E-state index in [1.165, 1.54) is 37.3 Å². The van der Waals surface area contributed by atoms with E-state index in [9.17, 15) is 28.1 Å². The zero-order chi connectivity index (χ0) is 22.5. The summed E-state index contributed by atoms with van der Waals surface area (Å²) in [5, 5.41) is 13.5. The van der Waals surface area contributed by atoms with Crippen molar-refractivity contribution < 1.29 is 27.7 Å². The quantitative estimate of drug-likeness (QED) is 0.339. The summed E-state index contributed by atoms with van der Waals surface area (Å²) in [5.41, 5.74) is 0.239. The van der Waals surface area contributed by atoms with Crippen molar-refractivity contribution >= 4 is 56.5 Å². The standard InChI is InChI=1S/C17H15Cl2N3O7S/c1-10-14(3-2-4-15(10)22(25)26)21-16(23)9-29-17(24)8-20-30(27,28)11-5-6-12(18)13(19)7-11/h2-7,20H,8-9H2,1H3,(H,21,23). The summed E-state index contributed by atoms with van der Waals surface area (Å²) >= 11 is 11.5. The topological polar surface area (TPSA) is 145 Å². The number of carbonyl (C=O) groups is 2. The molecule has 2 N–H and O–H groups in total. The fourth-order valence-corrected chi connectivity index (χ4v) is 3.58. The van der Waals surface area contributed by atoms with Gasteiger partial charge in [-0.25, -0.2) is 8.42 Å². The fraction of sp³-hybridized carbons (Fsp3) is 0.176. The average Bonchev–Trinajstić information content (AvgIpc) is 2.68. The maximum Gasteiger partial charge on any atom is 0.321 e. The van der Waals surface area contributed by atoms with Crippen LogP contribution in [0, 0.1) is 17.0 Å². The Hall–Kier alpha value is -2.73. The lowest BCUT2D eigenvalue weighted by Crippen LogP contribution is -2.32. The highest BCUT2D eigenvalue weighted by Crippen LogP contribution is 2.25. The molecule has 0 aliphatic rings. The van der Waals surface area contributed by atoms with Gasteiger partial charge in [0.1, 0.15) is 6.54 Å². The van der Waals surface area contributed by atoms with Gasteiger partial charge in [0.25, 0.3) is 11.6 Å². The van der Waals surface area contributed by atoms with Gasteiger partial charge in [0.05, 0.1) is 31.1 Å². The SMILES string of the molecule is Cc1c(NC(=O)COC(=O)CNS(=O)(=O)c2ccc(Cl)c(Cl)c2)cccc1[N+](=O)[O-]. The van der Waals surface area contributed by atoms with E-state index >= 15 is 0 Å². The number of ether oxygens (including phenoxy) is 1. The molecule has 10 nitrogen and oxygen atoms in total. The number of carbonyl (C=O) groups excluding carboxylic acids is 2. The molecule has 0 atom stereocenters. The van der Waals surface area contributed by atoms with Crippen LogP contribution in [0.4, 0.5) is 11.4 Å². The van der Waals surface area contributed by atoms with Gasteiger partial charge in [0.2, 0.25) is 10.0 Å². The molecule has 2 aromatic carbocycles. The second-order valence-corrected chi connectivity index (χ2v) is 8.40. The molecule has 160 valence electrons. The Bertz CT molecular complexity index is 1110. The lowest BCUT2D eigenvalue weighted by molar-refractivity contribution is -0.385. The third kappa shape index (κ3) is 6.13. The van der Waals surface area contributed by atoms with Crippen LogP contribution in [0.1, 0.15) is 5.56 Å². The predicted octanol–water partition coefficient (Wildman–Crippen LogP) is 2.67. The highest BCUT2D eigenvalue weighted by atomic mass is 35.5. The van der Waals surface area contributed by atoms with Crippen LogP contribution >= 0.6 is 23.2 Å². The van der Waals surface area contributed by atoms with Crippen LogP contribution in [-0.4, -0.2) is 38.4 Å². The molecule has 0 saturated carbocycles. The van der Waals surface area contributed by atoms with E-state index in [4.69, 9.17) is 27.9 Å². The van der Waals surface area contributed by atoms with Gasteiger partial charge < -0.3 is 10.1 Å². The number of hydrogen-bond acceptors (Lipinski definition) is 7. The summed E-state index contributed by atoms with van der Waals surface area (Å²) in [6.07, 6.45) is 0.